The van der Waals surface area contributed by atoms with Crippen molar-refractivity contribution in [3.05, 3.63) is 51.4 Å². The second kappa shape index (κ2) is 5.35. The Bertz CT molecular complexity index is 585. The molecule has 0 unspecified atom stereocenters. The first-order chi connectivity index (χ1) is 8.19. The zero-order chi connectivity index (χ0) is 12.3. The number of rotatable bonds is 3. The molecule has 88 valence electrons. The van der Waals surface area contributed by atoms with E-state index in [2.05, 4.69) is 9.97 Å². The molecule has 0 atom stereocenters. The summed E-state index contributed by atoms with van der Waals surface area (Å²) in [7, 11) is 0. The van der Waals surface area contributed by atoms with Gasteiger partial charge in [-0.15, -0.1) is 0 Å². The molecule has 17 heavy (non-hydrogen) atoms. The van der Waals surface area contributed by atoms with Crippen molar-refractivity contribution in [2.24, 2.45) is 5.73 Å². The van der Waals surface area contributed by atoms with Gasteiger partial charge in [0, 0.05) is 23.7 Å². The maximum Gasteiger partial charge on any atom is 0.251 e. The molecule has 0 bridgehead atoms. The van der Waals surface area contributed by atoms with Crippen LogP contribution >= 0.6 is 23.4 Å². The lowest BCUT2D eigenvalue weighted by Crippen LogP contribution is -2.05. The van der Waals surface area contributed by atoms with E-state index in [4.69, 9.17) is 17.3 Å². The van der Waals surface area contributed by atoms with E-state index in [9.17, 15) is 4.79 Å². The standard InChI is InChI=1S/C11H10ClN3OS/c12-8-5-7(6-13)1-2-9(8)17-11-14-4-3-10(16)15-11/h1-5H,6,13H2,(H,14,15,16). The van der Waals surface area contributed by atoms with Gasteiger partial charge in [-0.05, 0) is 17.7 Å². The highest BCUT2D eigenvalue weighted by molar-refractivity contribution is 7.99. The van der Waals surface area contributed by atoms with Crippen LogP contribution in [0.25, 0.3) is 0 Å². The SMILES string of the molecule is NCc1ccc(Sc2nccc(=O)[nH]2)c(Cl)c1. The van der Waals surface area contributed by atoms with E-state index in [0.29, 0.717) is 16.7 Å². The lowest BCUT2D eigenvalue weighted by molar-refractivity contribution is 0.936. The van der Waals surface area contributed by atoms with Crippen molar-refractivity contribution in [2.75, 3.05) is 0 Å². The molecule has 0 saturated carbocycles. The van der Waals surface area contributed by atoms with Gasteiger partial charge in [-0.1, -0.05) is 29.4 Å². The third-order valence-electron chi connectivity index (χ3n) is 2.09. The van der Waals surface area contributed by atoms with Crippen LogP contribution in [0.2, 0.25) is 5.02 Å². The number of aromatic nitrogens is 2. The third kappa shape index (κ3) is 3.09. The van der Waals surface area contributed by atoms with Crippen molar-refractivity contribution in [2.45, 2.75) is 16.6 Å². The minimum atomic E-state index is -0.183. The summed E-state index contributed by atoms with van der Waals surface area (Å²) in [6.07, 6.45) is 1.46. The van der Waals surface area contributed by atoms with Crippen LogP contribution in [0.15, 0.2) is 45.3 Å². The highest BCUT2D eigenvalue weighted by atomic mass is 35.5. The first kappa shape index (κ1) is 12.2. The van der Waals surface area contributed by atoms with Gasteiger partial charge in [0.2, 0.25) is 0 Å². The molecule has 0 saturated heterocycles. The lowest BCUT2D eigenvalue weighted by atomic mass is 10.2. The molecule has 2 aromatic rings. The van der Waals surface area contributed by atoms with Crippen molar-refractivity contribution in [1.82, 2.24) is 9.97 Å². The Morgan fingerprint density at radius 1 is 1.41 bits per heavy atom. The molecule has 0 aliphatic heterocycles. The Morgan fingerprint density at radius 2 is 2.24 bits per heavy atom. The van der Waals surface area contributed by atoms with Crippen LogP contribution in [0.3, 0.4) is 0 Å². The number of nitrogens with one attached hydrogen (secondary N) is 1. The Kier molecular flexibility index (Phi) is 3.83. The van der Waals surface area contributed by atoms with Gasteiger partial charge >= 0.3 is 0 Å². The number of benzene rings is 1. The number of nitrogens with zero attached hydrogens (tertiary/aromatic N) is 1. The molecule has 0 aliphatic rings. The van der Waals surface area contributed by atoms with Crippen LogP contribution in [0.5, 0.6) is 0 Å². The maximum absolute atomic E-state index is 11.1. The van der Waals surface area contributed by atoms with Gasteiger partial charge in [-0.25, -0.2) is 4.98 Å². The maximum atomic E-state index is 11.1. The summed E-state index contributed by atoms with van der Waals surface area (Å²) in [5, 5.41) is 1.12. The van der Waals surface area contributed by atoms with Gasteiger partial charge in [-0.2, -0.15) is 0 Å². The zero-order valence-electron chi connectivity index (χ0n) is 8.81. The van der Waals surface area contributed by atoms with Crippen LogP contribution < -0.4 is 11.3 Å². The van der Waals surface area contributed by atoms with Crippen LogP contribution in [-0.4, -0.2) is 9.97 Å². The van der Waals surface area contributed by atoms with Gasteiger partial charge in [0.15, 0.2) is 5.16 Å². The van der Waals surface area contributed by atoms with Crippen LogP contribution in [0, 0.1) is 0 Å². The van der Waals surface area contributed by atoms with Crippen molar-refractivity contribution in [3.63, 3.8) is 0 Å². The fraction of sp³-hybridized carbons (Fsp3) is 0.0909. The summed E-state index contributed by atoms with van der Waals surface area (Å²) in [5.74, 6) is 0. The molecular weight excluding hydrogens is 258 g/mol. The van der Waals surface area contributed by atoms with Crippen LogP contribution in [-0.2, 0) is 6.54 Å². The second-order valence-electron chi connectivity index (χ2n) is 3.31. The molecule has 1 aromatic heterocycles. The van der Waals surface area contributed by atoms with E-state index >= 15 is 0 Å². The monoisotopic (exact) mass is 267 g/mol. The number of H-pyrrole nitrogens is 1. The van der Waals surface area contributed by atoms with E-state index in [1.54, 1.807) is 0 Å². The van der Waals surface area contributed by atoms with Crippen molar-refractivity contribution < 1.29 is 0 Å². The topological polar surface area (TPSA) is 71.8 Å². The fourth-order valence-electron chi connectivity index (χ4n) is 1.26. The molecule has 0 spiro atoms. The third-order valence-corrected chi connectivity index (χ3v) is 3.49. The molecule has 0 aliphatic carbocycles. The van der Waals surface area contributed by atoms with Gasteiger partial charge in [-0.3, -0.25) is 4.79 Å². The molecule has 3 N–H and O–H groups in total. The normalized spacial score (nSPS) is 10.5. The van der Waals surface area contributed by atoms with Crippen molar-refractivity contribution in [1.29, 1.82) is 0 Å². The summed E-state index contributed by atoms with van der Waals surface area (Å²) >= 11 is 7.41. The fourth-order valence-corrected chi connectivity index (χ4v) is 2.35. The smallest absolute Gasteiger partial charge is 0.251 e. The molecule has 4 nitrogen and oxygen atoms in total. The minimum Gasteiger partial charge on any atom is -0.326 e. The highest BCUT2D eigenvalue weighted by Crippen LogP contribution is 2.31. The van der Waals surface area contributed by atoms with Gasteiger partial charge < -0.3 is 10.7 Å². The quantitative estimate of drug-likeness (QED) is 0.835. The molecular formula is C11H10ClN3OS. The van der Waals surface area contributed by atoms with Crippen molar-refractivity contribution >= 4 is 23.4 Å². The van der Waals surface area contributed by atoms with E-state index in [1.165, 1.54) is 24.0 Å². The van der Waals surface area contributed by atoms with Gasteiger partial charge in [0.25, 0.3) is 5.56 Å². The van der Waals surface area contributed by atoms with Crippen LogP contribution in [0.1, 0.15) is 5.56 Å². The lowest BCUT2D eigenvalue weighted by Gasteiger charge is -2.04. The molecule has 6 heteroatoms. The Hall–Kier alpha value is -1.30. The summed E-state index contributed by atoms with van der Waals surface area (Å²) < 4.78 is 0. The first-order valence-corrected chi connectivity index (χ1v) is 6.10. The molecule has 2 rings (SSSR count). The molecule has 0 amide bonds. The second-order valence-corrected chi connectivity index (χ2v) is 4.75. The van der Waals surface area contributed by atoms with E-state index < -0.39 is 0 Å². The number of hydrogen-bond acceptors (Lipinski definition) is 4. The molecule has 1 heterocycles. The number of hydrogen-bond donors (Lipinski definition) is 2. The largest absolute Gasteiger partial charge is 0.326 e. The van der Waals surface area contributed by atoms with Gasteiger partial charge in [0.1, 0.15) is 0 Å². The summed E-state index contributed by atoms with van der Waals surface area (Å²) in [6, 6.07) is 6.94. The van der Waals surface area contributed by atoms with Crippen LogP contribution in [0.4, 0.5) is 0 Å². The van der Waals surface area contributed by atoms with E-state index in [-0.39, 0.29) is 5.56 Å². The summed E-state index contributed by atoms with van der Waals surface area (Å²) in [6.45, 7) is 0.449. The Labute approximate surface area is 107 Å². The molecule has 1 aromatic carbocycles. The zero-order valence-corrected chi connectivity index (χ0v) is 10.4. The summed E-state index contributed by atoms with van der Waals surface area (Å²) in [5.41, 5.74) is 6.30. The van der Waals surface area contributed by atoms with Crippen molar-refractivity contribution in [3.8, 4) is 0 Å². The number of nitrogens with two attached hydrogens (primary N) is 1. The Morgan fingerprint density at radius 3 is 2.88 bits per heavy atom. The minimum absolute atomic E-state index is 0.183. The summed E-state index contributed by atoms with van der Waals surface area (Å²) in [4.78, 5) is 18.6. The average molecular weight is 268 g/mol. The number of aromatic amines is 1. The molecule has 0 fully saturated rings. The average Bonchev–Trinajstić information content (AvgIpc) is 2.32. The number of halogens is 1. The van der Waals surface area contributed by atoms with Gasteiger partial charge in [0.05, 0.1) is 5.02 Å². The predicted octanol–water partition coefficient (Wildman–Crippen LogP) is 2.03. The highest BCUT2D eigenvalue weighted by Gasteiger charge is 2.05. The first-order valence-electron chi connectivity index (χ1n) is 4.91. The predicted molar refractivity (Wildman–Crippen MR) is 68.3 cm³/mol. The molecule has 0 radical (unpaired) electrons. The Balaban J connectivity index is 2.27. The van der Waals surface area contributed by atoms with E-state index in [0.717, 1.165) is 10.5 Å². The van der Waals surface area contributed by atoms with E-state index in [1.807, 2.05) is 18.2 Å².